The zero-order valence-electron chi connectivity index (χ0n) is 11.2. The summed E-state index contributed by atoms with van der Waals surface area (Å²) in [5, 5.41) is 3.47. The van der Waals surface area contributed by atoms with Crippen LogP contribution in [0.2, 0.25) is 0 Å². The lowest BCUT2D eigenvalue weighted by atomic mass is 9.67. The fraction of sp³-hybridized carbons (Fsp3) is 0.571. The lowest BCUT2D eigenvalue weighted by molar-refractivity contribution is 0.187. The largest absolute Gasteiger partial charge is 0.314 e. The standard InChI is InChI=1S/C14H21NO2S/c1-4-15-14-9-13(10(14)2)11-5-7-12(8-6-11)18(3,16)17/h5-8,10,13-15H,4,9H2,1-3H3. The van der Waals surface area contributed by atoms with Crippen molar-refractivity contribution >= 4 is 9.84 Å². The summed E-state index contributed by atoms with van der Waals surface area (Å²) in [6, 6.07) is 7.96. The molecule has 0 amide bonds. The second-order valence-electron chi connectivity index (χ2n) is 5.21. The summed E-state index contributed by atoms with van der Waals surface area (Å²) in [4.78, 5) is 0.404. The molecule has 0 aliphatic heterocycles. The first-order valence-corrected chi connectivity index (χ1v) is 8.36. The third-order valence-corrected chi connectivity index (χ3v) is 5.11. The Morgan fingerprint density at radius 1 is 1.28 bits per heavy atom. The van der Waals surface area contributed by atoms with E-state index in [1.807, 2.05) is 12.1 Å². The third-order valence-electron chi connectivity index (χ3n) is 3.98. The first-order chi connectivity index (χ1) is 8.43. The number of nitrogens with one attached hydrogen (secondary N) is 1. The molecule has 0 radical (unpaired) electrons. The van der Waals surface area contributed by atoms with E-state index in [0.717, 1.165) is 13.0 Å². The van der Waals surface area contributed by atoms with Crippen molar-refractivity contribution in [2.75, 3.05) is 12.8 Å². The first kappa shape index (κ1) is 13.6. The van der Waals surface area contributed by atoms with Crippen molar-refractivity contribution in [2.45, 2.75) is 37.1 Å². The average molecular weight is 267 g/mol. The predicted octanol–water partition coefficient (Wildman–Crippen LogP) is 2.19. The highest BCUT2D eigenvalue weighted by Crippen LogP contribution is 2.42. The highest BCUT2D eigenvalue weighted by Gasteiger charge is 2.37. The van der Waals surface area contributed by atoms with Crippen molar-refractivity contribution in [1.29, 1.82) is 0 Å². The maximum absolute atomic E-state index is 11.4. The van der Waals surface area contributed by atoms with Crippen molar-refractivity contribution in [3.8, 4) is 0 Å². The Hall–Kier alpha value is -0.870. The first-order valence-electron chi connectivity index (χ1n) is 6.47. The van der Waals surface area contributed by atoms with Gasteiger partial charge in [0.2, 0.25) is 0 Å². The molecule has 0 heterocycles. The molecule has 0 bridgehead atoms. The summed E-state index contributed by atoms with van der Waals surface area (Å²) in [7, 11) is -3.08. The summed E-state index contributed by atoms with van der Waals surface area (Å²) in [5.74, 6) is 1.18. The summed E-state index contributed by atoms with van der Waals surface area (Å²) in [5.41, 5.74) is 1.25. The van der Waals surface area contributed by atoms with Gasteiger partial charge in [-0.2, -0.15) is 0 Å². The van der Waals surface area contributed by atoms with Crippen molar-refractivity contribution in [3.05, 3.63) is 29.8 Å². The van der Waals surface area contributed by atoms with E-state index in [2.05, 4.69) is 19.2 Å². The van der Waals surface area contributed by atoms with Gasteiger partial charge < -0.3 is 5.32 Å². The van der Waals surface area contributed by atoms with Crippen LogP contribution in [0.25, 0.3) is 0 Å². The van der Waals surface area contributed by atoms with Crippen LogP contribution in [0.4, 0.5) is 0 Å². The Morgan fingerprint density at radius 2 is 1.89 bits per heavy atom. The van der Waals surface area contributed by atoms with E-state index in [1.54, 1.807) is 12.1 Å². The number of hydrogen-bond acceptors (Lipinski definition) is 3. The molecule has 0 aromatic heterocycles. The van der Waals surface area contributed by atoms with Gasteiger partial charge in [0.1, 0.15) is 0 Å². The SMILES string of the molecule is CCNC1CC(c2ccc(S(C)(=O)=O)cc2)C1C. The van der Waals surface area contributed by atoms with Crippen LogP contribution in [0, 0.1) is 5.92 Å². The van der Waals surface area contributed by atoms with E-state index >= 15 is 0 Å². The minimum Gasteiger partial charge on any atom is -0.314 e. The maximum Gasteiger partial charge on any atom is 0.175 e. The van der Waals surface area contributed by atoms with Crippen molar-refractivity contribution in [1.82, 2.24) is 5.32 Å². The number of sulfone groups is 1. The number of hydrogen-bond donors (Lipinski definition) is 1. The molecule has 1 aromatic rings. The van der Waals surface area contributed by atoms with Crippen LogP contribution >= 0.6 is 0 Å². The summed E-state index contributed by atoms with van der Waals surface area (Å²) in [6.45, 7) is 5.39. The average Bonchev–Trinajstić information content (AvgIpc) is 2.32. The third kappa shape index (κ3) is 2.59. The molecule has 18 heavy (non-hydrogen) atoms. The zero-order chi connectivity index (χ0) is 13.3. The maximum atomic E-state index is 11.4. The van der Waals surface area contributed by atoms with Gasteiger partial charge in [0.15, 0.2) is 9.84 Å². The second kappa shape index (κ2) is 5.02. The smallest absolute Gasteiger partial charge is 0.175 e. The van der Waals surface area contributed by atoms with Crippen LogP contribution in [-0.2, 0) is 9.84 Å². The summed E-state index contributed by atoms with van der Waals surface area (Å²) in [6.07, 6.45) is 2.39. The van der Waals surface area contributed by atoms with Crippen molar-refractivity contribution in [2.24, 2.45) is 5.92 Å². The monoisotopic (exact) mass is 267 g/mol. The van der Waals surface area contributed by atoms with Crippen LogP contribution in [0.3, 0.4) is 0 Å². The van der Waals surface area contributed by atoms with Crippen LogP contribution in [0.5, 0.6) is 0 Å². The highest BCUT2D eigenvalue weighted by molar-refractivity contribution is 7.90. The molecule has 1 N–H and O–H groups in total. The quantitative estimate of drug-likeness (QED) is 0.909. The van der Waals surface area contributed by atoms with E-state index in [0.29, 0.717) is 22.8 Å². The number of benzene rings is 1. The van der Waals surface area contributed by atoms with Gasteiger partial charge >= 0.3 is 0 Å². The molecule has 4 heteroatoms. The zero-order valence-corrected chi connectivity index (χ0v) is 12.0. The predicted molar refractivity (Wildman–Crippen MR) is 73.5 cm³/mol. The molecule has 3 atom stereocenters. The van der Waals surface area contributed by atoms with Gasteiger partial charge in [0.25, 0.3) is 0 Å². The van der Waals surface area contributed by atoms with Gasteiger partial charge in [-0.05, 0) is 42.5 Å². The van der Waals surface area contributed by atoms with E-state index in [4.69, 9.17) is 0 Å². The van der Waals surface area contributed by atoms with Gasteiger partial charge in [-0.3, -0.25) is 0 Å². The molecule has 0 spiro atoms. The fourth-order valence-corrected chi connectivity index (χ4v) is 3.35. The Morgan fingerprint density at radius 3 is 2.33 bits per heavy atom. The van der Waals surface area contributed by atoms with E-state index in [1.165, 1.54) is 11.8 Å². The highest BCUT2D eigenvalue weighted by atomic mass is 32.2. The molecule has 3 nitrogen and oxygen atoms in total. The van der Waals surface area contributed by atoms with Gasteiger partial charge in [0, 0.05) is 12.3 Å². The molecule has 0 saturated heterocycles. The van der Waals surface area contributed by atoms with Crippen LogP contribution in [0.15, 0.2) is 29.2 Å². The second-order valence-corrected chi connectivity index (χ2v) is 7.22. The number of rotatable bonds is 4. The van der Waals surface area contributed by atoms with Gasteiger partial charge in [-0.1, -0.05) is 26.0 Å². The topological polar surface area (TPSA) is 46.2 Å². The van der Waals surface area contributed by atoms with Gasteiger partial charge in [0.05, 0.1) is 4.90 Å². The van der Waals surface area contributed by atoms with Crippen molar-refractivity contribution < 1.29 is 8.42 Å². The fourth-order valence-electron chi connectivity index (χ4n) is 2.72. The normalized spacial score (nSPS) is 27.8. The van der Waals surface area contributed by atoms with Crippen LogP contribution in [-0.4, -0.2) is 27.3 Å². The molecule has 1 aliphatic rings. The molecule has 1 fully saturated rings. The Kier molecular flexibility index (Phi) is 3.78. The molecule has 1 saturated carbocycles. The van der Waals surface area contributed by atoms with E-state index in [-0.39, 0.29) is 0 Å². The van der Waals surface area contributed by atoms with Gasteiger partial charge in [-0.15, -0.1) is 0 Å². The van der Waals surface area contributed by atoms with Crippen LogP contribution < -0.4 is 5.32 Å². The Bertz CT molecular complexity index is 507. The van der Waals surface area contributed by atoms with Gasteiger partial charge in [-0.25, -0.2) is 8.42 Å². The molecule has 100 valence electrons. The summed E-state index contributed by atoms with van der Waals surface area (Å²) < 4.78 is 22.8. The van der Waals surface area contributed by atoms with E-state index < -0.39 is 9.84 Å². The lowest BCUT2D eigenvalue weighted by Crippen LogP contribution is -2.47. The minimum atomic E-state index is -3.08. The Balaban J connectivity index is 2.08. The van der Waals surface area contributed by atoms with Crippen LogP contribution in [0.1, 0.15) is 31.7 Å². The molecule has 3 unspecified atom stereocenters. The minimum absolute atomic E-state index is 0.404. The molecule has 1 aliphatic carbocycles. The van der Waals surface area contributed by atoms with E-state index in [9.17, 15) is 8.42 Å². The summed E-state index contributed by atoms with van der Waals surface area (Å²) >= 11 is 0. The lowest BCUT2D eigenvalue weighted by Gasteiger charge is -2.43. The molecular formula is C14H21NO2S. The van der Waals surface area contributed by atoms with Crippen molar-refractivity contribution in [3.63, 3.8) is 0 Å². The molecular weight excluding hydrogens is 246 g/mol. The Labute approximate surface area is 110 Å². The molecule has 1 aromatic carbocycles. The molecule has 2 rings (SSSR count).